The average Bonchev–Trinajstić information content (AvgIpc) is 2.84. The van der Waals surface area contributed by atoms with Crippen molar-refractivity contribution in [2.24, 2.45) is 7.05 Å². The lowest BCUT2D eigenvalue weighted by Gasteiger charge is -2.13. The number of hydrogen-bond acceptors (Lipinski definition) is 3. The molecule has 0 aliphatic carbocycles. The molecule has 4 nitrogen and oxygen atoms in total. The summed E-state index contributed by atoms with van der Waals surface area (Å²) in [7, 11) is 1.87. The molecule has 20 heavy (non-hydrogen) atoms. The molecule has 3 aromatic rings. The smallest absolute Gasteiger partial charge is 0.0852 e. The highest BCUT2D eigenvalue weighted by Crippen LogP contribution is 2.30. The Morgan fingerprint density at radius 1 is 1.35 bits per heavy atom. The molecule has 2 heterocycles. The molecule has 0 saturated heterocycles. The summed E-state index contributed by atoms with van der Waals surface area (Å²) in [6.07, 6.45) is 5.37. The maximum absolute atomic E-state index is 10.5. The lowest BCUT2D eigenvalue weighted by molar-refractivity contribution is 0.180. The van der Waals surface area contributed by atoms with Gasteiger partial charge in [0.25, 0.3) is 0 Å². The third-order valence-corrected chi connectivity index (χ3v) is 3.99. The molecule has 5 heteroatoms. The Morgan fingerprint density at radius 2 is 2.20 bits per heavy atom. The van der Waals surface area contributed by atoms with Gasteiger partial charge in [0.05, 0.1) is 17.8 Å². The fourth-order valence-corrected chi connectivity index (χ4v) is 2.79. The van der Waals surface area contributed by atoms with Crippen LogP contribution in [0, 0.1) is 0 Å². The minimum atomic E-state index is -0.593. The number of aliphatic hydroxyl groups is 1. The third kappa shape index (κ3) is 2.46. The molecule has 0 fully saturated rings. The number of aryl methyl sites for hydroxylation is 1. The van der Waals surface area contributed by atoms with Crippen LogP contribution in [0.15, 0.2) is 47.3 Å². The van der Waals surface area contributed by atoms with Gasteiger partial charge in [-0.15, -0.1) is 0 Å². The lowest BCUT2D eigenvalue weighted by Crippen LogP contribution is -2.03. The van der Waals surface area contributed by atoms with Gasteiger partial charge in [0, 0.05) is 41.3 Å². The van der Waals surface area contributed by atoms with Gasteiger partial charge in [0.15, 0.2) is 0 Å². The van der Waals surface area contributed by atoms with E-state index < -0.39 is 6.10 Å². The predicted molar refractivity (Wildman–Crippen MR) is 81.3 cm³/mol. The van der Waals surface area contributed by atoms with E-state index in [4.69, 9.17) is 0 Å². The molecule has 0 spiro atoms. The van der Waals surface area contributed by atoms with Crippen molar-refractivity contribution in [3.63, 3.8) is 0 Å². The van der Waals surface area contributed by atoms with Crippen LogP contribution in [0.5, 0.6) is 0 Å². The van der Waals surface area contributed by atoms with E-state index >= 15 is 0 Å². The summed E-state index contributed by atoms with van der Waals surface area (Å²) >= 11 is 3.52. The Labute approximate surface area is 125 Å². The van der Waals surface area contributed by atoms with E-state index in [0.29, 0.717) is 6.42 Å². The molecule has 0 radical (unpaired) electrons. The Bertz CT molecular complexity index is 754. The summed E-state index contributed by atoms with van der Waals surface area (Å²) in [6.45, 7) is 0. The van der Waals surface area contributed by atoms with Gasteiger partial charge in [-0.1, -0.05) is 28.1 Å². The normalized spacial score (nSPS) is 12.8. The maximum Gasteiger partial charge on any atom is 0.0852 e. The van der Waals surface area contributed by atoms with Crippen LogP contribution in [0.25, 0.3) is 10.9 Å². The van der Waals surface area contributed by atoms with E-state index in [1.807, 2.05) is 37.5 Å². The molecule has 0 aliphatic heterocycles. The molecule has 1 aromatic carbocycles. The zero-order chi connectivity index (χ0) is 14.1. The molecule has 0 bridgehead atoms. The van der Waals surface area contributed by atoms with Crippen LogP contribution in [-0.2, 0) is 13.5 Å². The van der Waals surface area contributed by atoms with E-state index in [0.717, 1.165) is 26.5 Å². The molecule has 1 unspecified atom stereocenters. The number of hydrogen-bond donors (Lipinski definition) is 1. The topological polar surface area (TPSA) is 50.9 Å². The van der Waals surface area contributed by atoms with E-state index in [2.05, 4.69) is 26.0 Å². The number of halogens is 1. The van der Waals surface area contributed by atoms with E-state index in [9.17, 15) is 5.11 Å². The van der Waals surface area contributed by atoms with Gasteiger partial charge in [0.1, 0.15) is 0 Å². The predicted octanol–water partition coefficient (Wildman–Crippen LogP) is 3.01. The fourth-order valence-electron chi connectivity index (χ4n) is 2.34. The highest BCUT2D eigenvalue weighted by Gasteiger charge is 2.15. The van der Waals surface area contributed by atoms with E-state index in [1.165, 1.54) is 0 Å². The summed E-state index contributed by atoms with van der Waals surface area (Å²) in [4.78, 5) is 4.40. The van der Waals surface area contributed by atoms with Crippen molar-refractivity contribution >= 4 is 26.8 Å². The second-order valence-electron chi connectivity index (χ2n) is 4.78. The van der Waals surface area contributed by atoms with Crippen molar-refractivity contribution in [1.82, 2.24) is 14.8 Å². The second-order valence-corrected chi connectivity index (χ2v) is 5.63. The SMILES string of the molecule is Cn1cc(CC(O)c2ccc(Br)c3cccnc23)cn1. The number of fused-ring (bicyclic) bond motifs is 1. The quantitative estimate of drug-likeness (QED) is 0.802. The van der Waals surface area contributed by atoms with Crippen LogP contribution < -0.4 is 0 Å². The third-order valence-electron chi connectivity index (χ3n) is 3.29. The van der Waals surface area contributed by atoms with Crippen LogP contribution in [0.2, 0.25) is 0 Å². The second kappa shape index (κ2) is 5.34. The maximum atomic E-state index is 10.5. The van der Waals surface area contributed by atoms with Gasteiger partial charge < -0.3 is 5.11 Å². The minimum absolute atomic E-state index is 0.529. The summed E-state index contributed by atoms with van der Waals surface area (Å²) < 4.78 is 2.72. The summed E-state index contributed by atoms with van der Waals surface area (Å²) in [5, 5.41) is 15.6. The lowest BCUT2D eigenvalue weighted by atomic mass is 10.0. The first kappa shape index (κ1) is 13.3. The molecule has 0 aliphatic rings. The van der Waals surface area contributed by atoms with Crippen LogP contribution in [-0.4, -0.2) is 19.9 Å². The Hall–Kier alpha value is -1.72. The van der Waals surface area contributed by atoms with Crippen molar-refractivity contribution in [3.05, 3.63) is 58.5 Å². The number of benzene rings is 1. The van der Waals surface area contributed by atoms with Crippen molar-refractivity contribution in [2.45, 2.75) is 12.5 Å². The molecule has 3 rings (SSSR count). The Morgan fingerprint density at radius 3 is 2.95 bits per heavy atom. The zero-order valence-electron chi connectivity index (χ0n) is 11.0. The zero-order valence-corrected chi connectivity index (χ0v) is 12.6. The number of pyridine rings is 1. The van der Waals surface area contributed by atoms with Gasteiger partial charge in [-0.3, -0.25) is 9.67 Å². The monoisotopic (exact) mass is 331 g/mol. The first-order chi connectivity index (χ1) is 9.65. The first-order valence-corrected chi connectivity index (χ1v) is 7.13. The highest BCUT2D eigenvalue weighted by molar-refractivity contribution is 9.10. The Kier molecular flexibility index (Phi) is 3.54. The van der Waals surface area contributed by atoms with E-state index in [1.54, 1.807) is 17.1 Å². The van der Waals surface area contributed by atoms with Gasteiger partial charge in [-0.05, 0) is 17.7 Å². The molecule has 102 valence electrons. The number of nitrogens with zero attached hydrogens (tertiary/aromatic N) is 3. The first-order valence-electron chi connectivity index (χ1n) is 6.34. The average molecular weight is 332 g/mol. The number of aromatic nitrogens is 3. The van der Waals surface area contributed by atoms with E-state index in [-0.39, 0.29) is 0 Å². The van der Waals surface area contributed by atoms with Crippen LogP contribution >= 0.6 is 15.9 Å². The molecule has 0 saturated carbocycles. The molecule has 2 aromatic heterocycles. The van der Waals surface area contributed by atoms with Crippen molar-refractivity contribution < 1.29 is 5.11 Å². The van der Waals surface area contributed by atoms with Crippen LogP contribution in [0.3, 0.4) is 0 Å². The van der Waals surface area contributed by atoms with Gasteiger partial charge in [0.2, 0.25) is 0 Å². The summed E-state index contributed by atoms with van der Waals surface area (Å²) in [5.41, 5.74) is 2.68. The number of rotatable bonds is 3. The largest absolute Gasteiger partial charge is 0.388 e. The van der Waals surface area contributed by atoms with Crippen molar-refractivity contribution in [3.8, 4) is 0 Å². The van der Waals surface area contributed by atoms with Crippen LogP contribution in [0.4, 0.5) is 0 Å². The standard InChI is InChI=1S/C15H14BrN3O/c1-19-9-10(8-18-19)7-14(20)12-4-5-13(16)11-3-2-6-17-15(11)12/h2-6,8-9,14,20H,7H2,1H3. The number of aliphatic hydroxyl groups excluding tert-OH is 1. The van der Waals surface area contributed by atoms with Gasteiger partial charge in [-0.2, -0.15) is 5.10 Å². The summed E-state index contributed by atoms with van der Waals surface area (Å²) in [5.74, 6) is 0. The molecular formula is C15H14BrN3O. The van der Waals surface area contributed by atoms with Crippen LogP contribution in [0.1, 0.15) is 17.2 Å². The highest BCUT2D eigenvalue weighted by atomic mass is 79.9. The van der Waals surface area contributed by atoms with Gasteiger partial charge in [-0.25, -0.2) is 0 Å². The molecular weight excluding hydrogens is 318 g/mol. The molecule has 1 N–H and O–H groups in total. The van der Waals surface area contributed by atoms with Crippen molar-refractivity contribution in [2.75, 3.05) is 0 Å². The minimum Gasteiger partial charge on any atom is -0.388 e. The van der Waals surface area contributed by atoms with Crippen molar-refractivity contribution in [1.29, 1.82) is 0 Å². The molecule has 1 atom stereocenters. The Balaban J connectivity index is 1.99. The van der Waals surface area contributed by atoms with Gasteiger partial charge >= 0.3 is 0 Å². The summed E-state index contributed by atoms with van der Waals surface area (Å²) in [6, 6.07) is 7.75. The molecule has 0 amide bonds. The fraction of sp³-hybridized carbons (Fsp3) is 0.200.